The zero-order valence-corrected chi connectivity index (χ0v) is 41.4. The Morgan fingerprint density at radius 3 is 1.59 bits per heavy atom. The maximum atomic E-state index is 14.4. The average molecular weight is 982 g/mol. The minimum Gasteiger partial charge on any atom is -0.468 e. The first-order chi connectivity index (χ1) is 29.4. The summed E-state index contributed by atoms with van der Waals surface area (Å²) in [4.78, 5) is 29.3. The second-order valence-corrected chi connectivity index (χ2v) is 21.8. The summed E-state index contributed by atoms with van der Waals surface area (Å²) in [6.07, 6.45) is 8.24. The number of methoxy groups -OCH3 is 2. The molecule has 63 heavy (non-hydrogen) atoms. The number of sulfone groups is 2. The van der Waals surface area contributed by atoms with Gasteiger partial charge in [-0.3, -0.25) is 24.3 Å². The molecule has 17 heteroatoms. The minimum atomic E-state index is -3.62. The third kappa shape index (κ3) is 16.9. The van der Waals surface area contributed by atoms with Crippen molar-refractivity contribution >= 4 is 58.7 Å². The summed E-state index contributed by atoms with van der Waals surface area (Å²) in [7, 11) is 3.01. The van der Waals surface area contributed by atoms with Gasteiger partial charge < -0.3 is 14.8 Å². The topological polar surface area (TPSA) is 143 Å². The quantitative estimate of drug-likeness (QED) is 0.163. The molecular weight excluding hydrogens is 919 g/mol. The number of carbonyl (C=O) groups excluding carboxylic acids is 2. The number of rotatable bonds is 13. The molecule has 0 saturated carbocycles. The van der Waals surface area contributed by atoms with E-state index in [1.807, 2.05) is 56.2 Å². The van der Waals surface area contributed by atoms with E-state index in [0.717, 1.165) is 48.7 Å². The van der Waals surface area contributed by atoms with Gasteiger partial charge in [0.2, 0.25) is 0 Å². The van der Waals surface area contributed by atoms with E-state index in [9.17, 15) is 35.2 Å². The fraction of sp³-hybridized carbons (Fsp3) is 0.522. The number of hydrogen-bond donors (Lipinski definition) is 1. The Labute approximate surface area is 382 Å². The monoisotopic (exact) mass is 980 g/mol. The van der Waals surface area contributed by atoms with Gasteiger partial charge in [-0.15, -0.1) is 0 Å². The molecule has 1 N–H and O–H groups in total. The van der Waals surface area contributed by atoms with Crippen molar-refractivity contribution in [1.82, 2.24) is 20.0 Å². The molecule has 0 aromatic heterocycles. The first-order valence-electron chi connectivity index (χ1n) is 20.2. The predicted octanol–water partition coefficient (Wildman–Crippen LogP) is 5.06. The van der Waals surface area contributed by atoms with Crippen molar-refractivity contribution in [3.63, 3.8) is 0 Å². The first kappa shape index (κ1) is 55.2. The van der Waals surface area contributed by atoms with Crippen LogP contribution in [0.3, 0.4) is 0 Å². The Bertz CT molecular complexity index is 2320. The van der Waals surface area contributed by atoms with Crippen LogP contribution in [-0.2, 0) is 38.7 Å². The van der Waals surface area contributed by atoms with E-state index in [4.69, 9.17) is 4.74 Å². The van der Waals surface area contributed by atoms with E-state index in [0.29, 0.717) is 55.6 Å². The summed E-state index contributed by atoms with van der Waals surface area (Å²) in [5.74, 6) is 9.59. The van der Waals surface area contributed by atoms with Crippen LogP contribution in [0.25, 0.3) is 11.1 Å². The summed E-state index contributed by atoms with van der Waals surface area (Å²) >= 11 is 3.10. The van der Waals surface area contributed by atoms with Crippen molar-refractivity contribution < 1.29 is 44.7 Å². The Morgan fingerprint density at radius 2 is 1.24 bits per heavy atom. The normalized spacial score (nSPS) is 16.1. The number of nitrogens with one attached hydrogen (secondary N) is 1. The number of carbonyl (C=O) groups is 2. The second kappa shape index (κ2) is 25.5. The van der Waals surface area contributed by atoms with Crippen LogP contribution in [0.1, 0.15) is 61.8 Å². The maximum Gasteiger partial charge on any atom is 0.326 e. The average Bonchev–Trinajstić information content (AvgIpc) is 3.23. The highest BCUT2D eigenvalue weighted by atomic mass is 79.9. The summed E-state index contributed by atoms with van der Waals surface area (Å²) < 4.78 is 81.5. The van der Waals surface area contributed by atoms with E-state index < -0.39 is 41.1 Å². The fourth-order valence-electron chi connectivity index (χ4n) is 6.14. The summed E-state index contributed by atoms with van der Waals surface area (Å²) in [6.45, 7) is 7.53. The van der Waals surface area contributed by atoms with E-state index in [1.165, 1.54) is 39.7 Å². The van der Waals surface area contributed by atoms with E-state index in [-0.39, 0.29) is 24.5 Å². The number of esters is 2. The molecule has 0 bridgehead atoms. The van der Waals surface area contributed by atoms with Gasteiger partial charge in [-0.05, 0) is 121 Å². The molecule has 2 aromatic rings. The standard InChI is InChI=1S/C23H31FN2O4S.C16H19FN2.C7H13BrO4S/c1-23(22(27)30-4,31(5,28)29)12-16-26-14-10-18(11-15-26)20-9-8-19(21(24)17-20)7-6-13-25(2)3;1-19(2)11-3-4-14-5-6-15(12-16(14)17)13-7-9-18-10-8-13;1-7(4-5-8,6(9)12-2)13(3,10)11/h8-10,17H,11-16H2,1-5H3;5-7,12,18H,8-11H2,1-2H3;4-5H2,1-3H3. The van der Waals surface area contributed by atoms with Crippen molar-refractivity contribution in [3.8, 4) is 23.7 Å². The Kier molecular flexibility index (Phi) is 22.4. The largest absolute Gasteiger partial charge is 0.468 e. The molecule has 2 atom stereocenters. The van der Waals surface area contributed by atoms with Crippen molar-refractivity contribution in [1.29, 1.82) is 0 Å². The van der Waals surface area contributed by atoms with Gasteiger partial charge >= 0.3 is 11.9 Å². The Balaban J connectivity index is 0.000000362. The Hall–Kier alpha value is -3.94. The zero-order valence-electron chi connectivity index (χ0n) is 38.2. The van der Waals surface area contributed by atoms with Crippen LogP contribution < -0.4 is 5.32 Å². The van der Waals surface area contributed by atoms with E-state index >= 15 is 0 Å². The number of nitrogens with zero attached hydrogens (tertiary/aromatic N) is 3. The molecule has 2 unspecified atom stereocenters. The lowest BCUT2D eigenvalue weighted by Crippen LogP contribution is -2.46. The molecule has 4 rings (SSSR count). The van der Waals surface area contributed by atoms with Crippen LogP contribution in [0.2, 0.25) is 0 Å². The number of alkyl halides is 1. The van der Waals surface area contributed by atoms with Gasteiger partial charge in [0, 0.05) is 44.0 Å². The molecule has 2 aliphatic heterocycles. The molecule has 0 saturated heterocycles. The highest BCUT2D eigenvalue weighted by Gasteiger charge is 2.45. The van der Waals surface area contributed by atoms with E-state index in [2.05, 4.69) is 60.6 Å². The lowest BCUT2D eigenvalue weighted by Gasteiger charge is -2.31. The molecule has 0 fully saturated rings. The van der Waals surface area contributed by atoms with E-state index in [1.54, 1.807) is 18.2 Å². The second-order valence-electron chi connectivity index (χ2n) is 16.1. The maximum absolute atomic E-state index is 14.4. The molecule has 2 aromatic carbocycles. The zero-order chi connectivity index (χ0) is 47.6. The van der Waals surface area contributed by atoms with Gasteiger partial charge in [0.15, 0.2) is 29.2 Å². The van der Waals surface area contributed by atoms with Gasteiger partial charge in [-0.25, -0.2) is 25.6 Å². The predicted molar refractivity (Wildman–Crippen MR) is 252 cm³/mol. The highest BCUT2D eigenvalue weighted by Crippen LogP contribution is 2.28. The lowest BCUT2D eigenvalue weighted by atomic mass is 9.97. The van der Waals surface area contributed by atoms with Crippen molar-refractivity contribution in [2.45, 2.75) is 49.0 Å². The van der Waals surface area contributed by atoms with Crippen molar-refractivity contribution in [2.75, 3.05) is 106 Å². The van der Waals surface area contributed by atoms with Gasteiger partial charge in [-0.1, -0.05) is 63.9 Å². The number of benzene rings is 2. The van der Waals surface area contributed by atoms with Gasteiger partial charge in [0.05, 0.1) is 38.4 Å². The highest BCUT2D eigenvalue weighted by molar-refractivity contribution is 9.09. The molecule has 0 aliphatic carbocycles. The number of ether oxygens (including phenoxy) is 2. The van der Waals surface area contributed by atoms with Gasteiger partial charge in [0.1, 0.15) is 11.6 Å². The van der Waals surface area contributed by atoms with Gasteiger partial charge in [-0.2, -0.15) is 0 Å². The van der Waals surface area contributed by atoms with Crippen LogP contribution in [0, 0.1) is 35.3 Å². The summed E-state index contributed by atoms with van der Waals surface area (Å²) in [6, 6.07) is 10.4. The molecular formula is C46H63BrF2N4O8S2. The van der Waals surface area contributed by atoms with Crippen LogP contribution >= 0.6 is 15.9 Å². The molecule has 0 radical (unpaired) electrons. The lowest BCUT2D eigenvalue weighted by molar-refractivity contribution is -0.144. The summed E-state index contributed by atoms with van der Waals surface area (Å²) in [5, 5.41) is 3.69. The smallest absolute Gasteiger partial charge is 0.326 e. The SMILES string of the molecule is CN(C)CC#Cc1ccc(C2=CCNCC2)cc1F.COC(=O)C(C)(CCBr)S(C)(=O)=O.COC(=O)C(C)(CCN1CC=C(c2ccc(C#CCN(C)C)c(F)c2)CC1)S(C)(=O)=O. The molecule has 12 nitrogen and oxygen atoms in total. The molecule has 2 aliphatic rings. The fourth-order valence-corrected chi connectivity index (χ4v) is 8.90. The molecule has 348 valence electrons. The van der Waals surface area contributed by atoms with Crippen molar-refractivity contribution in [2.24, 2.45) is 0 Å². The molecule has 0 amide bonds. The third-order valence-electron chi connectivity index (χ3n) is 10.6. The number of hydrogen-bond acceptors (Lipinski definition) is 12. The van der Waals surface area contributed by atoms with Crippen LogP contribution in [-0.4, -0.2) is 159 Å². The molecule has 2 heterocycles. The van der Waals surface area contributed by atoms with Crippen molar-refractivity contribution in [3.05, 3.63) is 82.4 Å². The molecule has 0 spiro atoms. The van der Waals surface area contributed by atoms with Gasteiger partial charge in [0.25, 0.3) is 0 Å². The Morgan fingerprint density at radius 1 is 0.778 bits per heavy atom. The van der Waals surface area contributed by atoms with Crippen LogP contribution in [0.5, 0.6) is 0 Å². The first-order valence-corrected chi connectivity index (χ1v) is 25.1. The summed E-state index contributed by atoms with van der Waals surface area (Å²) in [5.41, 5.74) is 4.90. The minimum absolute atomic E-state index is 0.149. The van der Waals surface area contributed by atoms with Crippen LogP contribution in [0.4, 0.5) is 8.78 Å². The third-order valence-corrected chi connectivity index (χ3v) is 15.0. The number of halogens is 3. The van der Waals surface area contributed by atoms with Crippen LogP contribution in [0.15, 0.2) is 48.6 Å².